The predicted octanol–water partition coefficient (Wildman–Crippen LogP) is 6.66. The zero-order valence-corrected chi connectivity index (χ0v) is 21.7. The molecular formula is C31H26N4O2S. The molecule has 0 radical (unpaired) electrons. The van der Waals surface area contributed by atoms with E-state index in [-0.39, 0.29) is 17.3 Å². The minimum absolute atomic E-state index is 0.140. The highest BCUT2D eigenvalue weighted by molar-refractivity contribution is 8.17. The lowest BCUT2D eigenvalue weighted by molar-refractivity contribution is -0.114. The summed E-state index contributed by atoms with van der Waals surface area (Å²) in [5.41, 5.74) is 4.08. The molecule has 0 spiro atoms. The standard InChI is InChI=1S/C31H26N4O2S/c1-21(19-37-24-12-6-3-7-13-24)17-34-18-23(25-14-8-9-15-27(25)34)16-26-29(32)35-28(22-10-4-2-5-11-22)20-38-31(35)33-30(26)36/h2-16,18,20-21,32H,17,19H2,1H3/b26-16+,32-29?/t21-/m0/s1. The number of rotatable bonds is 7. The Balaban J connectivity index is 1.29. The first kappa shape index (κ1) is 24.0. The van der Waals surface area contributed by atoms with Crippen LogP contribution in [0.5, 0.6) is 5.75 Å². The zero-order chi connectivity index (χ0) is 26.1. The molecule has 1 aromatic heterocycles. The molecule has 0 fully saturated rings. The van der Waals surface area contributed by atoms with Gasteiger partial charge < -0.3 is 9.30 Å². The van der Waals surface area contributed by atoms with E-state index in [1.165, 1.54) is 11.8 Å². The molecule has 2 aliphatic heterocycles. The number of carbonyl (C=O) groups excluding carboxylic acids is 1. The van der Waals surface area contributed by atoms with Crippen LogP contribution in [0.15, 0.2) is 107 Å². The van der Waals surface area contributed by atoms with E-state index < -0.39 is 5.91 Å². The lowest BCUT2D eigenvalue weighted by atomic mass is 10.1. The Morgan fingerprint density at radius 3 is 2.50 bits per heavy atom. The smallest absolute Gasteiger partial charge is 0.283 e. The van der Waals surface area contributed by atoms with Crippen molar-refractivity contribution in [2.75, 3.05) is 6.61 Å². The van der Waals surface area contributed by atoms with Crippen molar-refractivity contribution in [3.63, 3.8) is 0 Å². The molecule has 1 amide bonds. The Hall–Kier alpha value is -4.36. The fourth-order valence-corrected chi connectivity index (χ4v) is 5.64. The summed E-state index contributed by atoms with van der Waals surface area (Å²) in [6.07, 6.45) is 3.86. The largest absolute Gasteiger partial charge is 0.493 e. The molecule has 0 saturated carbocycles. The van der Waals surface area contributed by atoms with Crippen LogP contribution < -0.4 is 4.74 Å². The van der Waals surface area contributed by atoms with Gasteiger partial charge in [-0.25, -0.2) is 0 Å². The van der Waals surface area contributed by atoms with Crippen LogP contribution in [0.2, 0.25) is 0 Å². The summed E-state index contributed by atoms with van der Waals surface area (Å²) >= 11 is 1.37. The number of hydrogen-bond donors (Lipinski definition) is 1. The molecule has 0 unspecified atom stereocenters. The van der Waals surface area contributed by atoms with E-state index in [1.807, 2.05) is 78.2 Å². The van der Waals surface area contributed by atoms with Gasteiger partial charge in [-0.2, -0.15) is 4.99 Å². The first-order valence-corrected chi connectivity index (χ1v) is 13.4. The lowest BCUT2D eigenvalue weighted by Gasteiger charge is -2.26. The van der Waals surface area contributed by atoms with Crippen LogP contribution in [0.1, 0.15) is 18.1 Å². The summed E-state index contributed by atoms with van der Waals surface area (Å²) in [5.74, 6) is 0.869. The van der Waals surface area contributed by atoms with Crippen molar-refractivity contribution in [1.82, 2.24) is 9.47 Å². The molecule has 4 aromatic rings. The van der Waals surface area contributed by atoms with Crippen molar-refractivity contribution in [3.8, 4) is 5.75 Å². The van der Waals surface area contributed by atoms with Crippen molar-refractivity contribution >= 4 is 51.3 Å². The van der Waals surface area contributed by atoms with Crippen LogP contribution in [0.3, 0.4) is 0 Å². The Morgan fingerprint density at radius 1 is 1.00 bits per heavy atom. The predicted molar refractivity (Wildman–Crippen MR) is 155 cm³/mol. The number of fused-ring (bicyclic) bond motifs is 2. The molecule has 7 heteroatoms. The molecule has 0 bridgehead atoms. The van der Waals surface area contributed by atoms with Gasteiger partial charge in [-0.15, -0.1) is 0 Å². The van der Waals surface area contributed by atoms with E-state index in [1.54, 1.807) is 11.0 Å². The molecule has 0 saturated heterocycles. The number of thioether (sulfide) groups is 1. The number of aromatic nitrogens is 1. The molecule has 6 rings (SSSR count). The van der Waals surface area contributed by atoms with Crippen molar-refractivity contribution < 1.29 is 9.53 Å². The molecule has 1 atom stereocenters. The van der Waals surface area contributed by atoms with Gasteiger partial charge in [-0.1, -0.05) is 85.4 Å². The van der Waals surface area contributed by atoms with Crippen LogP contribution in [0.4, 0.5) is 0 Å². The van der Waals surface area contributed by atoms with Crippen molar-refractivity contribution in [2.24, 2.45) is 10.9 Å². The van der Waals surface area contributed by atoms with Crippen LogP contribution >= 0.6 is 11.8 Å². The number of carbonyl (C=O) groups is 1. The summed E-state index contributed by atoms with van der Waals surface area (Å²) in [4.78, 5) is 19.1. The Kier molecular flexibility index (Phi) is 6.43. The van der Waals surface area contributed by atoms with Gasteiger partial charge in [-0.3, -0.25) is 15.1 Å². The fourth-order valence-electron chi connectivity index (χ4n) is 4.75. The minimum Gasteiger partial charge on any atom is -0.493 e. The topological polar surface area (TPSA) is 70.7 Å². The van der Waals surface area contributed by atoms with Crippen LogP contribution in [-0.4, -0.2) is 33.0 Å². The first-order chi connectivity index (χ1) is 18.6. The third kappa shape index (κ3) is 4.57. The molecule has 188 valence electrons. The second-order valence-corrected chi connectivity index (χ2v) is 10.2. The van der Waals surface area contributed by atoms with Gasteiger partial charge in [0.15, 0.2) is 5.17 Å². The van der Waals surface area contributed by atoms with Crippen molar-refractivity contribution in [3.05, 3.63) is 113 Å². The van der Waals surface area contributed by atoms with E-state index in [0.717, 1.165) is 40.0 Å². The maximum Gasteiger partial charge on any atom is 0.283 e. The Labute approximate surface area is 225 Å². The number of para-hydroxylation sites is 2. The van der Waals surface area contributed by atoms with E-state index in [9.17, 15) is 4.79 Å². The molecule has 6 nitrogen and oxygen atoms in total. The van der Waals surface area contributed by atoms with Crippen LogP contribution in [-0.2, 0) is 11.3 Å². The van der Waals surface area contributed by atoms with Crippen LogP contribution in [0.25, 0.3) is 22.7 Å². The number of ether oxygens (including phenoxy) is 1. The van der Waals surface area contributed by atoms with Gasteiger partial charge in [0.05, 0.1) is 17.9 Å². The van der Waals surface area contributed by atoms with Gasteiger partial charge in [-0.05, 0) is 29.8 Å². The van der Waals surface area contributed by atoms with Gasteiger partial charge in [0.25, 0.3) is 5.91 Å². The highest BCUT2D eigenvalue weighted by atomic mass is 32.2. The average Bonchev–Trinajstić information content (AvgIpc) is 3.52. The number of nitrogens with one attached hydrogen (secondary N) is 1. The molecule has 3 aromatic carbocycles. The van der Waals surface area contributed by atoms with E-state index >= 15 is 0 Å². The molecule has 2 aliphatic rings. The number of nitrogens with zero attached hydrogens (tertiary/aromatic N) is 3. The quantitative estimate of drug-likeness (QED) is 0.278. The number of amidine groups is 2. The molecule has 0 aliphatic carbocycles. The summed E-state index contributed by atoms with van der Waals surface area (Å²) in [6, 6.07) is 27.9. The summed E-state index contributed by atoms with van der Waals surface area (Å²) < 4.78 is 8.17. The second kappa shape index (κ2) is 10.2. The third-order valence-corrected chi connectivity index (χ3v) is 7.42. The highest BCUT2D eigenvalue weighted by Crippen LogP contribution is 2.37. The Morgan fingerprint density at radius 2 is 1.71 bits per heavy atom. The fraction of sp³-hybridized carbons (Fsp3) is 0.129. The molecule has 3 heterocycles. The van der Waals surface area contributed by atoms with Crippen molar-refractivity contribution in [2.45, 2.75) is 13.5 Å². The average molecular weight is 519 g/mol. The Bertz CT molecular complexity index is 1620. The second-order valence-electron chi connectivity index (χ2n) is 9.41. The maximum atomic E-state index is 13.1. The third-order valence-electron chi connectivity index (χ3n) is 6.59. The maximum absolute atomic E-state index is 13.1. The number of aliphatic imine (C=N–C) groups is 1. The van der Waals surface area contributed by atoms with Crippen molar-refractivity contribution in [1.29, 1.82) is 5.41 Å². The van der Waals surface area contributed by atoms with E-state index in [2.05, 4.69) is 34.8 Å². The van der Waals surface area contributed by atoms with Gasteiger partial charge in [0.1, 0.15) is 11.6 Å². The highest BCUT2D eigenvalue weighted by Gasteiger charge is 2.36. The van der Waals surface area contributed by atoms with Gasteiger partial charge in [0, 0.05) is 40.5 Å². The van der Waals surface area contributed by atoms with Gasteiger partial charge in [0.2, 0.25) is 0 Å². The van der Waals surface area contributed by atoms with E-state index in [4.69, 9.17) is 10.1 Å². The molecular weight excluding hydrogens is 492 g/mol. The first-order valence-electron chi connectivity index (χ1n) is 12.5. The van der Waals surface area contributed by atoms with E-state index in [0.29, 0.717) is 11.8 Å². The molecule has 1 N–H and O–H groups in total. The number of benzene rings is 3. The summed E-state index contributed by atoms with van der Waals surface area (Å²) in [7, 11) is 0. The SMILES string of the molecule is C[C@H](COc1ccccc1)Cn1cc(/C=C2\C(=N)N3C(c4ccccc4)=CSC3=NC2=O)c2ccccc21. The van der Waals surface area contributed by atoms with Gasteiger partial charge >= 0.3 is 0 Å². The summed E-state index contributed by atoms with van der Waals surface area (Å²) in [6.45, 7) is 3.51. The molecule has 38 heavy (non-hydrogen) atoms. The lowest BCUT2D eigenvalue weighted by Crippen LogP contribution is -2.38. The zero-order valence-electron chi connectivity index (χ0n) is 20.9. The number of hydrogen-bond acceptors (Lipinski definition) is 4. The number of amides is 1. The monoisotopic (exact) mass is 518 g/mol. The minimum atomic E-state index is -0.391. The van der Waals surface area contributed by atoms with Crippen LogP contribution in [0, 0.1) is 11.3 Å². The summed E-state index contributed by atoms with van der Waals surface area (Å²) in [5, 5.41) is 12.5. The normalized spacial score (nSPS) is 17.0.